The van der Waals surface area contributed by atoms with E-state index in [0.717, 1.165) is 12.3 Å². The van der Waals surface area contributed by atoms with Crippen LogP contribution in [0, 0.1) is 5.92 Å². The molecule has 0 atom stereocenters. The lowest BCUT2D eigenvalue weighted by molar-refractivity contribution is 0.915. The number of thiocarbonyl (C=S) groups is 1. The summed E-state index contributed by atoms with van der Waals surface area (Å²) in [5.74, 6) is 0.933. The van der Waals surface area contributed by atoms with Crippen molar-refractivity contribution in [1.82, 2.24) is 0 Å². The first-order valence-corrected chi connectivity index (χ1v) is 2.69. The molecule has 0 amide bonds. The van der Waals surface area contributed by atoms with Crippen molar-refractivity contribution in [2.75, 3.05) is 0 Å². The van der Waals surface area contributed by atoms with Crippen LogP contribution in [0.5, 0.6) is 0 Å². The van der Waals surface area contributed by atoms with Crippen molar-refractivity contribution in [1.29, 1.82) is 0 Å². The van der Waals surface area contributed by atoms with Gasteiger partial charge < -0.3 is 0 Å². The molecule has 1 aliphatic carbocycles. The van der Waals surface area contributed by atoms with Gasteiger partial charge in [0.1, 0.15) is 0 Å². The molecule has 0 aromatic carbocycles. The lowest BCUT2D eigenvalue weighted by atomic mass is 10.3. The maximum atomic E-state index is 4.52. The summed E-state index contributed by atoms with van der Waals surface area (Å²) in [6, 6.07) is 0. The van der Waals surface area contributed by atoms with Gasteiger partial charge in [0.15, 0.2) is 0 Å². The van der Waals surface area contributed by atoms with E-state index in [4.69, 9.17) is 0 Å². The average molecular weight is 99.2 g/mol. The predicted molar refractivity (Wildman–Crippen MR) is 29.9 cm³/mol. The van der Waals surface area contributed by atoms with Gasteiger partial charge in [-0.25, -0.2) is 0 Å². The van der Waals surface area contributed by atoms with Crippen molar-refractivity contribution in [2.45, 2.75) is 19.3 Å². The van der Waals surface area contributed by atoms with Gasteiger partial charge in [0.2, 0.25) is 0 Å². The molecule has 1 saturated carbocycles. The smallest absolute Gasteiger partial charge is 0.0294 e. The second-order valence-corrected chi connectivity index (χ2v) is 2.08. The fraction of sp³-hybridized carbons (Fsp3) is 0.800. The molecule has 1 fully saturated rings. The molecule has 0 N–H and O–H groups in total. The lowest BCUT2D eigenvalue weighted by Crippen LogP contribution is -1.69. The molecule has 0 bridgehead atoms. The van der Waals surface area contributed by atoms with E-state index in [1.54, 1.807) is 0 Å². The summed E-state index contributed by atoms with van der Waals surface area (Å²) in [6.45, 7) is 0. The van der Waals surface area contributed by atoms with Crippen LogP contribution in [-0.4, -0.2) is 5.37 Å². The quantitative estimate of drug-likeness (QED) is 0.474. The van der Waals surface area contributed by atoms with Gasteiger partial charge in [-0.3, -0.25) is 0 Å². The highest BCUT2D eigenvalue weighted by molar-refractivity contribution is 7.78. The van der Waals surface area contributed by atoms with Crippen LogP contribution in [0.1, 0.15) is 19.3 Å². The van der Waals surface area contributed by atoms with Crippen LogP contribution in [0.2, 0.25) is 0 Å². The Labute approximate surface area is 43.6 Å². The molecule has 1 heteroatoms. The summed E-state index contributed by atoms with van der Waals surface area (Å²) in [4.78, 5) is 0. The van der Waals surface area contributed by atoms with Crippen LogP contribution in [0.15, 0.2) is 0 Å². The third kappa shape index (κ3) is 1.05. The van der Waals surface area contributed by atoms with Crippen molar-refractivity contribution >= 4 is 17.6 Å². The Morgan fingerprint density at radius 2 is 2.33 bits per heavy atom. The first-order valence-electron chi connectivity index (χ1n) is 2.28. The molecule has 1 aliphatic rings. The summed E-state index contributed by atoms with van der Waals surface area (Å²) in [5.41, 5.74) is 0. The Kier molecular flexibility index (Phi) is 1.20. The van der Waals surface area contributed by atoms with E-state index in [0.29, 0.717) is 0 Å². The average Bonchev–Trinajstić information content (AvgIpc) is 2.21. The first kappa shape index (κ1) is 4.25. The normalized spacial score (nSPS) is 20.7. The van der Waals surface area contributed by atoms with Crippen LogP contribution in [0.3, 0.4) is 0 Å². The zero-order chi connectivity index (χ0) is 4.41. The minimum Gasteiger partial charge on any atom is -0.0837 e. The van der Waals surface area contributed by atoms with E-state index in [1.807, 2.05) is 0 Å². The Bertz CT molecular complexity index is 55.0. The van der Waals surface area contributed by atoms with Crippen LogP contribution < -0.4 is 0 Å². The molecular formula is C5H7S. The van der Waals surface area contributed by atoms with Crippen LogP contribution in [-0.2, 0) is 0 Å². The zero-order valence-corrected chi connectivity index (χ0v) is 4.42. The van der Waals surface area contributed by atoms with Crippen molar-refractivity contribution < 1.29 is 0 Å². The second-order valence-electron chi connectivity index (χ2n) is 1.79. The SMILES string of the molecule is S=[C]CC1CC1. The number of hydrogen-bond acceptors (Lipinski definition) is 1. The summed E-state index contributed by atoms with van der Waals surface area (Å²) in [6.07, 6.45) is 3.84. The molecule has 1 radical (unpaired) electrons. The van der Waals surface area contributed by atoms with Gasteiger partial charge in [0.05, 0.1) is 0 Å². The molecule has 0 aromatic heterocycles. The second kappa shape index (κ2) is 1.69. The van der Waals surface area contributed by atoms with Gasteiger partial charge in [-0.1, -0.05) is 12.2 Å². The molecule has 0 unspecified atom stereocenters. The van der Waals surface area contributed by atoms with E-state index in [1.165, 1.54) is 12.8 Å². The van der Waals surface area contributed by atoms with E-state index >= 15 is 0 Å². The highest BCUT2D eigenvalue weighted by Crippen LogP contribution is 2.31. The summed E-state index contributed by atoms with van der Waals surface area (Å²) in [5, 5.41) is 2.71. The van der Waals surface area contributed by atoms with Crippen LogP contribution >= 0.6 is 12.2 Å². The molecule has 0 heterocycles. The van der Waals surface area contributed by atoms with Gasteiger partial charge in [-0.05, 0) is 25.2 Å². The highest BCUT2D eigenvalue weighted by Gasteiger charge is 2.18. The van der Waals surface area contributed by atoms with Crippen LogP contribution in [0.25, 0.3) is 0 Å². The van der Waals surface area contributed by atoms with E-state index in [2.05, 4.69) is 17.6 Å². The number of rotatable bonds is 2. The van der Waals surface area contributed by atoms with Gasteiger partial charge >= 0.3 is 0 Å². The molecule has 0 aromatic rings. The highest BCUT2D eigenvalue weighted by atomic mass is 32.1. The predicted octanol–water partition coefficient (Wildman–Crippen LogP) is 1.66. The fourth-order valence-corrected chi connectivity index (χ4v) is 0.676. The topological polar surface area (TPSA) is 0 Å². The first-order chi connectivity index (χ1) is 2.93. The summed E-state index contributed by atoms with van der Waals surface area (Å²) >= 11 is 4.52. The van der Waals surface area contributed by atoms with Crippen LogP contribution in [0.4, 0.5) is 0 Å². The Balaban J connectivity index is 2.00. The fourth-order valence-electron chi connectivity index (χ4n) is 0.440. The maximum Gasteiger partial charge on any atom is 0.0294 e. The molecule has 0 saturated heterocycles. The molecule has 33 valence electrons. The van der Waals surface area contributed by atoms with Gasteiger partial charge in [-0.2, -0.15) is 0 Å². The van der Waals surface area contributed by atoms with Crippen molar-refractivity contribution in [3.05, 3.63) is 0 Å². The Hall–Kier alpha value is 0.0900. The number of hydrogen-bond donors (Lipinski definition) is 0. The molecule has 1 rings (SSSR count). The Morgan fingerprint density at radius 3 is 2.50 bits per heavy atom. The summed E-state index contributed by atoms with van der Waals surface area (Å²) in [7, 11) is 0. The molecular weight excluding hydrogens is 92.1 g/mol. The van der Waals surface area contributed by atoms with Gasteiger partial charge in [-0.15, -0.1) is 0 Å². The molecule has 0 spiro atoms. The van der Waals surface area contributed by atoms with E-state index in [-0.39, 0.29) is 0 Å². The molecule has 0 aliphatic heterocycles. The van der Waals surface area contributed by atoms with E-state index in [9.17, 15) is 0 Å². The van der Waals surface area contributed by atoms with E-state index < -0.39 is 0 Å². The maximum absolute atomic E-state index is 4.52. The summed E-state index contributed by atoms with van der Waals surface area (Å²) < 4.78 is 0. The lowest BCUT2D eigenvalue weighted by Gasteiger charge is -1.74. The third-order valence-electron chi connectivity index (χ3n) is 1.07. The van der Waals surface area contributed by atoms with Crippen molar-refractivity contribution in [3.63, 3.8) is 0 Å². The molecule has 6 heavy (non-hydrogen) atoms. The van der Waals surface area contributed by atoms with Crippen molar-refractivity contribution in [2.24, 2.45) is 5.92 Å². The Morgan fingerprint density at radius 1 is 1.67 bits per heavy atom. The zero-order valence-electron chi connectivity index (χ0n) is 3.61. The monoisotopic (exact) mass is 99.0 g/mol. The third-order valence-corrected chi connectivity index (χ3v) is 1.24. The minimum atomic E-state index is 0.933. The van der Waals surface area contributed by atoms with Gasteiger partial charge in [0.25, 0.3) is 0 Å². The van der Waals surface area contributed by atoms with Crippen molar-refractivity contribution in [3.8, 4) is 0 Å². The van der Waals surface area contributed by atoms with Gasteiger partial charge in [0, 0.05) is 5.37 Å². The standard InChI is InChI=1S/C5H7S/c6-4-3-5-1-2-5/h5H,1-3H2. The largest absolute Gasteiger partial charge is 0.0837 e. The minimum absolute atomic E-state index is 0.933. The molecule has 0 nitrogen and oxygen atoms in total.